The van der Waals surface area contributed by atoms with Gasteiger partial charge in [-0.1, -0.05) is 17.7 Å². The number of rotatable bonds is 8. The third kappa shape index (κ3) is 5.29. The predicted octanol–water partition coefficient (Wildman–Crippen LogP) is 5.37. The van der Waals surface area contributed by atoms with Gasteiger partial charge in [-0.05, 0) is 50.6 Å². The molecule has 6 rings (SSSR count). The molecule has 2 aromatic carbocycles. The van der Waals surface area contributed by atoms with Gasteiger partial charge >= 0.3 is 0 Å². The number of aromatic nitrogens is 2. The van der Waals surface area contributed by atoms with E-state index in [1.807, 2.05) is 12.1 Å². The monoisotopic (exact) mass is 539 g/mol. The van der Waals surface area contributed by atoms with E-state index in [0.29, 0.717) is 41.9 Å². The number of epoxide rings is 1. The smallest absolute Gasteiger partial charge is 0.159 e. The fourth-order valence-electron chi connectivity index (χ4n) is 5.33. The first-order chi connectivity index (χ1) is 18.4. The average Bonchev–Trinajstić information content (AvgIpc) is 3.56. The number of nitrogens with one attached hydrogen (secondary N) is 2. The molecule has 4 heterocycles. The zero-order valence-corrected chi connectivity index (χ0v) is 22.0. The highest BCUT2D eigenvalue weighted by Crippen LogP contribution is 2.40. The average molecular weight is 540 g/mol. The normalized spacial score (nSPS) is 24.4. The third-order valence-electron chi connectivity index (χ3n) is 7.63. The van der Waals surface area contributed by atoms with Crippen LogP contribution in [0.5, 0.6) is 5.75 Å². The molecule has 0 amide bonds. The number of hydrogen-bond acceptors (Lipinski definition) is 8. The molecule has 3 fully saturated rings. The Hall–Kier alpha value is -2.98. The zero-order valence-electron chi connectivity index (χ0n) is 21.3. The van der Waals surface area contributed by atoms with Crippen molar-refractivity contribution in [3.8, 4) is 5.75 Å². The van der Waals surface area contributed by atoms with Crippen LogP contribution in [0.1, 0.15) is 19.3 Å². The number of halogens is 2. The lowest BCUT2D eigenvalue weighted by Gasteiger charge is -2.37. The topological polar surface area (TPSA) is 84.1 Å². The maximum atomic E-state index is 13.6. The molecule has 10 heteroatoms. The van der Waals surface area contributed by atoms with Gasteiger partial charge in [0.1, 0.15) is 29.8 Å². The Labute approximate surface area is 226 Å². The summed E-state index contributed by atoms with van der Waals surface area (Å²) in [6.45, 7) is 7.21. The van der Waals surface area contributed by atoms with Crippen molar-refractivity contribution in [1.82, 2.24) is 14.9 Å². The first kappa shape index (κ1) is 25.3. The van der Waals surface area contributed by atoms with Crippen LogP contribution in [0.3, 0.4) is 0 Å². The fourth-order valence-corrected chi connectivity index (χ4v) is 5.51. The highest BCUT2D eigenvalue weighted by atomic mass is 35.5. The van der Waals surface area contributed by atoms with Gasteiger partial charge in [-0.2, -0.15) is 0 Å². The molecule has 38 heavy (non-hydrogen) atoms. The van der Waals surface area contributed by atoms with Crippen LogP contribution < -0.4 is 15.4 Å². The molecular weight excluding hydrogens is 509 g/mol. The molecule has 0 saturated carbocycles. The van der Waals surface area contributed by atoms with Crippen LogP contribution in [0, 0.1) is 11.7 Å². The highest BCUT2D eigenvalue weighted by Gasteiger charge is 2.42. The van der Waals surface area contributed by atoms with Gasteiger partial charge in [-0.3, -0.25) is 0 Å². The molecule has 2 N–H and O–H groups in total. The van der Waals surface area contributed by atoms with Crippen LogP contribution >= 0.6 is 11.6 Å². The lowest BCUT2D eigenvalue weighted by Crippen LogP contribution is -2.42. The molecule has 3 aliphatic rings. The van der Waals surface area contributed by atoms with Gasteiger partial charge in [0.05, 0.1) is 35.0 Å². The Morgan fingerprint density at radius 1 is 1.26 bits per heavy atom. The van der Waals surface area contributed by atoms with Gasteiger partial charge in [0.2, 0.25) is 0 Å². The first-order valence-corrected chi connectivity index (χ1v) is 13.3. The van der Waals surface area contributed by atoms with Crippen LogP contribution in [-0.4, -0.2) is 66.2 Å². The van der Waals surface area contributed by atoms with E-state index in [9.17, 15) is 4.39 Å². The molecule has 200 valence electrons. The molecule has 1 aromatic heterocycles. The van der Waals surface area contributed by atoms with Gasteiger partial charge in [-0.15, -0.1) is 6.58 Å². The van der Waals surface area contributed by atoms with E-state index in [1.165, 1.54) is 18.5 Å². The molecule has 0 aliphatic carbocycles. The first-order valence-electron chi connectivity index (χ1n) is 12.9. The second kappa shape index (κ2) is 10.3. The zero-order chi connectivity index (χ0) is 26.3. The van der Waals surface area contributed by atoms with Crippen LogP contribution in [0.2, 0.25) is 5.02 Å². The Morgan fingerprint density at radius 2 is 2.11 bits per heavy atom. The Bertz CT molecular complexity index is 1350. The van der Waals surface area contributed by atoms with Crippen LogP contribution in [0.25, 0.3) is 10.9 Å². The molecule has 3 aliphatic heterocycles. The summed E-state index contributed by atoms with van der Waals surface area (Å²) in [5.41, 5.74) is 2.09. The quantitative estimate of drug-likeness (QED) is 0.292. The Kier molecular flexibility index (Phi) is 6.86. The largest absolute Gasteiger partial charge is 0.491 e. The van der Waals surface area contributed by atoms with Crippen molar-refractivity contribution in [2.75, 3.05) is 44.0 Å². The molecule has 3 aromatic rings. The minimum absolute atomic E-state index is 0.0128. The third-order valence-corrected chi connectivity index (χ3v) is 7.92. The molecule has 0 radical (unpaired) electrons. The van der Waals surface area contributed by atoms with E-state index in [-0.39, 0.29) is 23.0 Å². The summed E-state index contributed by atoms with van der Waals surface area (Å²) in [5.74, 6) is 1.10. The van der Waals surface area contributed by atoms with Crippen LogP contribution in [0.15, 0.2) is 49.3 Å². The number of hydrogen-bond donors (Lipinski definition) is 2. The van der Waals surface area contributed by atoms with E-state index in [2.05, 4.69) is 39.1 Å². The Morgan fingerprint density at radius 3 is 2.87 bits per heavy atom. The van der Waals surface area contributed by atoms with Gasteiger partial charge in [0.25, 0.3) is 0 Å². The summed E-state index contributed by atoms with van der Waals surface area (Å²) in [6.07, 6.45) is 6.16. The van der Waals surface area contributed by atoms with Crippen molar-refractivity contribution in [3.05, 3.63) is 60.2 Å². The van der Waals surface area contributed by atoms with E-state index in [0.717, 1.165) is 43.4 Å². The van der Waals surface area contributed by atoms with Crippen molar-refractivity contribution < 1.29 is 18.6 Å². The van der Waals surface area contributed by atoms with E-state index < -0.39 is 5.82 Å². The predicted molar refractivity (Wildman–Crippen MR) is 146 cm³/mol. The summed E-state index contributed by atoms with van der Waals surface area (Å²) in [6, 6.07) is 8.31. The van der Waals surface area contributed by atoms with Crippen molar-refractivity contribution >= 4 is 39.7 Å². The van der Waals surface area contributed by atoms with E-state index >= 15 is 0 Å². The minimum Gasteiger partial charge on any atom is -0.491 e. The number of benzene rings is 2. The summed E-state index contributed by atoms with van der Waals surface area (Å²) < 4.78 is 32.0. The van der Waals surface area contributed by atoms with Crippen molar-refractivity contribution in [1.29, 1.82) is 0 Å². The number of ether oxygens (including phenoxy) is 3. The summed E-state index contributed by atoms with van der Waals surface area (Å²) in [4.78, 5) is 11.3. The van der Waals surface area contributed by atoms with Gasteiger partial charge in [-0.25, -0.2) is 14.4 Å². The molecular formula is C28H31ClFN5O3. The molecule has 0 bridgehead atoms. The molecule has 3 atom stereocenters. The minimum atomic E-state index is -0.478. The summed E-state index contributed by atoms with van der Waals surface area (Å²) >= 11 is 5.97. The lowest BCUT2D eigenvalue weighted by atomic mass is 9.86. The van der Waals surface area contributed by atoms with Crippen molar-refractivity contribution in [2.45, 2.75) is 37.2 Å². The van der Waals surface area contributed by atoms with Gasteiger partial charge in [0, 0.05) is 36.1 Å². The standard InChI is InChI=1S/C28H31ClFN5O3/c1-3-24-27(38-24)34-23-11-19-22(31-16-32-26(19)33-18-4-5-21(30)20(29)10-18)12-25(23)36-14-17-13-28(37-15-17)6-8-35(2)9-7-28/h3-5,10-12,16-17,24,27,34H,1,6-9,13-15H2,2H3,(H,31,32,33). The maximum absolute atomic E-state index is 13.6. The van der Waals surface area contributed by atoms with Crippen LogP contribution in [-0.2, 0) is 9.47 Å². The van der Waals surface area contributed by atoms with E-state index in [4.69, 9.17) is 25.8 Å². The molecule has 8 nitrogen and oxygen atoms in total. The van der Waals surface area contributed by atoms with Gasteiger partial charge in [0.15, 0.2) is 6.23 Å². The van der Waals surface area contributed by atoms with Gasteiger partial charge < -0.3 is 29.7 Å². The summed E-state index contributed by atoms with van der Waals surface area (Å²) in [7, 11) is 2.16. The highest BCUT2D eigenvalue weighted by molar-refractivity contribution is 6.31. The number of anilines is 3. The van der Waals surface area contributed by atoms with Crippen molar-refractivity contribution in [3.63, 3.8) is 0 Å². The fraction of sp³-hybridized carbons (Fsp3) is 0.429. The lowest BCUT2D eigenvalue weighted by molar-refractivity contribution is -0.0396. The molecule has 3 saturated heterocycles. The second-order valence-electron chi connectivity index (χ2n) is 10.4. The number of piperidine rings is 1. The van der Waals surface area contributed by atoms with Crippen molar-refractivity contribution in [2.24, 2.45) is 5.92 Å². The van der Waals surface area contributed by atoms with Crippen LogP contribution in [0.4, 0.5) is 21.6 Å². The number of nitrogens with zero attached hydrogens (tertiary/aromatic N) is 3. The number of fused-ring (bicyclic) bond motifs is 1. The van der Waals surface area contributed by atoms with E-state index in [1.54, 1.807) is 12.1 Å². The summed E-state index contributed by atoms with van der Waals surface area (Å²) in [5, 5.41) is 7.44. The Balaban J connectivity index is 1.24. The SMILES string of the molecule is C=CC1OC1Nc1cc2c(Nc3ccc(F)c(Cl)c3)ncnc2cc1OCC1COC2(CCN(C)CC2)C1. The number of likely N-dealkylation sites (tertiary alicyclic amines) is 1. The second-order valence-corrected chi connectivity index (χ2v) is 10.8. The molecule has 3 unspecified atom stereocenters. The maximum Gasteiger partial charge on any atom is 0.159 e. The molecule has 1 spiro atoms.